The number of anilines is 1. The highest BCUT2D eigenvalue weighted by Gasteiger charge is 2.37. The SMILES string of the molecule is Cc1ccc([N+](=O)[O-])cc1NC1CCN2CCCC12. The van der Waals surface area contributed by atoms with Crippen LogP contribution >= 0.6 is 0 Å². The second-order valence-electron chi connectivity index (χ2n) is 5.54. The van der Waals surface area contributed by atoms with Crippen LogP contribution in [0.1, 0.15) is 24.8 Å². The van der Waals surface area contributed by atoms with Crippen molar-refractivity contribution >= 4 is 11.4 Å². The number of benzene rings is 1. The fourth-order valence-electron chi connectivity index (χ4n) is 3.33. The lowest BCUT2D eigenvalue weighted by atomic mass is 10.1. The second-order valence-corrected chi connectivity index (χ2v) is 5.54. The molecule has 0 aromatic heterocycles. The van der Waals surface area contributed by atoms with Crippen LogP contribution in [0.3, 0.4) is 0 Å². The molecule has 0 saturated carbocycles. The highest BCUT2D eigenvalue weighted by Crippen LogP contribution is 2.31. The molecule has 2 fully saturated rings. The Morgan fingerprint density at radius 2 is 2.21 bits per heavy atom. The first-order chi connectivity index (χ1) is 9.15. The van der Waals surface area contributed by atoms with Gasteiger partial charge in [-0.05, 0) is 38.3 Å². The van der Waals surface area contributed by atoms with Crippen LogP contribution in [0.2, 0.25) is 0 Å². The highest BCUT2D eigenvalue weighted by molar-refractivity contribution is 5.57. The van der Waals surface area contributed by atoms with Crippen molar-refractivity contribution in [1.29, 1.82) is 0 Å². The number of nitrogens with one attached hydrogen (secondary N) is 1. The molecule has 19 heavy (non-hydrogen) atoms. The normalized spacial score (nSPS) is 26.4. The van der Waals surface area contributed by atoms with Crippen molar-refractivity contribution in [3.63, 3.8) is 0 Å². The summed E-state index contributed by atoms with van der Waals surface area (Å²) < 4.78 is 0. The van der Waals surface area contributed by atoms with E-state index in [-0.39, 0.29) is 10.6 Å². The second kappa shape index (κ2) is 4.81. The third kappa shape index (κ3) is 2.30. The van der Waals surface area contributed by atoms with Gasteiger partial charge in [0.05, 0.1) is 4.92 Å². The molecular formula is C14H19N3O2. The van der Waals surface area contributed by atoms with Gasteiger partial charge >= 0.3 is 0 Å². The van der Waals surface area contributed by atoms with Crippen LogP contribution in [0, 0.1) is 17.0 Å². The molecule has 1 N–H and O–H groups in total. The number of nitro groups is 1. The van der Waals surface area contributed by atoms with E-state index in [1.165, 1.54) is 19.4 Å². The first-order valence-electron chi connectivity index (χ1n) is 6.91. The minimum atomic E-state index is -0.332. The average molecular weight is 261 g/mol. The highest BCUT2D eigenvalue weighted by atomic mass is 16.6. The summed E-state index contributed by atoms with van der Waals surface area (Å²) in [7, 11) is 0. The van der Waals surface area contributed by atoms with Crippen molar-refractivity contribution in [2.24, 2.45) is 0 Å². The Morgan fingerprint density at radius 3 is 3.00 bits per heavy atom. The summed E-state index contributed by atoms with van der Waals surface area (Å²) in [5.74, 6) is 0. The molecule has 1 aromatic rings. The van der Waals surface area contributed by atoms with Crippen LogP contribution in [0.5, 0.6) is 0 Å². The molecule has 2 unspecified atom stereocenters. The molecule has 3 rings (SSSR count). The number of hydrogen-bond acceptors (Lipinski definition) is 4. The molecule has 2 heterocycles. The number of fused-ring (bicyclic) bond motifs is 1. The fraction of sp³-hybridized carbons (Fsp3) is 0.571. The van der Waals surface area contributed by atoms with E-state index in [4.69, 9.17) is 0 Å². The molecule has 2 saturated heterocycles. The molecule has 1 aromatic carbocycles. The van der Waals surface area contributed by atoms with E-state index in [0.29, 0.717) is 12.1 Å². The Labute approximate surface area is 112 Å². The molecule has 102 valence electrons. The van der Waals surface area contributed by atoms with Crippen molar-refractivity contribution < 1.29 is 4.92 Å². The summed E-state index contributed by atoms with van der Waals surface area (Å²) in [6.07, 6.45) is 3.65. The van der Waals surface area contributed by atoms with E-state index in [2.05, 4.69) is 10.2 Å². The molecule has 0 aliphatic carbocycles. The van der Waals surface area contributed by atoms with Crippen LogP contribution < -0.4 is 5.32 Å². The Morgan fingerprint density at radius 1 is 1.37 bits per heavy atom. The standard InChI is InChI=1S/C14H19N3O2/c1-10-4-5-11(17(18)19)9-13(10)15-12-6-8-16-7-2-3-14(12)16/h4-5,9,12,14-15H,2-3,6-8H2,1H3. The van der Waals surface area contributed by atoms with Crippen LogP contribution in [0.4, 0.5) is 11.4 Å². The van der Waals surface area contributed by atoms with Gasteiger partial charge < -0.3 is 5.32 Å². The van der Waals surface area contributed by atoms with Gasteiger partial charge in [0, 0.05) is 36.4 Å². The zero-order valence-electron chi connectivity index (χ0n) is 11.1. The molecule has 0 spiro atoms. The lowest BCUT2D eigenvalue weighted by Crippen LogP contribution is -2.33. The maximum atomic E-state index is 10.9. The van der Waals surface area contributed by atoms with Crippen molar-refractivity contribution in [2.75, 3.05) is 18.4 Å². The predicted octanol–water partition coefficient (Wildman–Crippen LogP) is 2.55. The average Bonchev–Trinajstić information content (AvgIpc) is 2.96. The van der Waals surface area contributed by atoms with Crippen molar-refractivity contribution in [3.8, 4) is 0 Å². The molecular weight excluding hydrogens is 242 g/mol. The summed E-state index contributed by atoms with van der Waals surface area (Å²) in [6, 6.07) is 6.09. The van der Waals surface area contributed by atoms with Crippen LogP contribution in [0.25, 0.3) is 0 Å². The van der Waals surface area contributed by atoms with Gasteiger partial charge in [0.15, 0.2) is 0 Å². The maximum absolute atomic E-state index is 10.9. The van der Waals surface area contributed by atoms with Gasteiger partial charge in [-0.3, -0.25) is 15.0 Å². The monoisotopic (exact) mass is 261 g/mol. The molecule has 2 aliphatic rings. The van der Waals surface area contributed by atoms with Gasteiger partial charge in [0.2, 0.25) is 0 Å². The lowest BCUT2D eigenvalue weighted by Gasteiger charge is -2.23. The summed E-state index contributed by atoms with van der Waals surface area (Å²) in [5, 5.41) is 14.4. The molecule has 5 nitrogen and oxygen atoms in total. The van der Waals surface area contributed by atoms with Crippen molar-refractivity contribution in [2.45, 2.75) is 38.3 Å². The van der Waals surface area contributed by atoms with E-state index >= 15 is 0 Å². The number of nitrogens with zero attached hydrogens (tertiary/aromatic N) is 2. The van der Waals surface area contributed by atoms with Gasteiger partial charge in [0.25, 0.3) is 5.69 Å². The van der Waals surface area contributed by atoms with Crippen LogP contribution in [0.15, 0.2) is 18.2 Å². The van der Waals surface area contributed by atoms with Gasteiger partial charge in [-0.2, -0.15) is 0 Å². The predicted molar refractivity (Wildman–Crippen MR) is 74.5 cm³/mol. The van der Waals surface area contributed by atoms with Crippen molar-refractivity contribution in [1.82, 2.24) is 4.90 Å². The molecule has 0 bridgehead atoms. The van der Waals surface area contributed by atoms with Gasteiger partial charge in [-0.25, -0.2) is 0 Å². The largest absolute Gasteiger partial charge is 0.380 e. The summed E-state index contributed by atoms with van der Waals surface area (Å²) in [6.45, 7) is 4.35. The van der Waals surface area contributed by atoms with E-state index in [1.54, 1.807) is 12.1 Å². The molecule has 5 heteroatoms. The van der Waals surface area contributed by atoms with E-state index in [0.717, 1.165) is 24.2 Å². The minimum absolute atomic E-state index is 0.161. The van der Waals surface area contributed by atoms with E-state index < -0.39 is 0 Å². The Bertz CT molecular complexity index is 503. The first-order valence-corrected chi connectivity index (χ1v) is 6.91. The summed E-state index contributed by atoms with van der Waals surface area (Å²) in [4.78, 5) is 13.1. The number of nitro benzene ring substituents is 1. The van der Waals surface area contributed by atoms with Gasteiger partial charge in [-0.15, -0.1) is 0 Å². The number of non-ortho nitro benzene ring substituents is 1. The maximum Gasteiger partial charge on any atom is 0.271 e. The minimum Gasteiger partial charge on any atom is -0.380 e. The smallest absolute Gasteiger partial charge is 0.271 e. The first kappa shape index (κ1) is 12.4. The third-order valence-corrected chi connectivity index (χ3v) is 4.38. The number of rotatable bonds is 3. The Hall–Kier alpha value is -1.62. The van der Waals surface area contributed by atoms with Crippen LogP contribution in [-0.4, -0.2) is 35.0 Å². The van der Waals surface area contributed by atoms with E-state index in [1.807, 2.05) is 13.0 Å². The number of hydrogen-bond donors (Lipinski definition) is 1. The molecule has 2 atom stereocenters. The molecule has 0 radical (unpaired) electrons. The van der Waals surface area contributed by atoms with E-state index in [9.17, 15) is 10.1 Å². The van der Waals surface area contributed by atoms with Gasteiger partial charge in [0.1, 0.15) is 0 Å². The summed E-state index contributed by atoms with van der Waals surface area (Å²) >= 11 is 0. The van der Waals surface area contributed by atoms with Crippen LogP contribution in [-0.2, 0) is 0 Å². The Kier molecular flexibility index (Phi) is 3.14. The topological polar surface area (TPSA) is 58.4 Å². The van der Waals surface area contributed by atoms with Gasteiger partial charge in [-0.1, -0.05) is 6.07 Å². The molecule has 2 aliphatic heterocycles. The quantitative estimate of drug-likeness (QED) is 0.671. The Balaban J connectivity index is 1.79. The zero-order chi connectivity index (χ0) is 13.4. The lowest BCUT2D eigenvalue weighted by molar-refractivity contribution is -0.384. The zero-order valence-corrected chi connectivity index (χ0v) is 11.1. The number of aryl methyl sites for hydroxylation is 1. The third-order valence-electron chi connectivity index (χ3n) is 4.38. The van der Waals surface area contributed by atoms with Crippen molar-refractivity contribution in [3.05, 3.63) is 33.9 Å². The summed E-state index contributed by atoms with van der Waals surface area (Å²) in [5.41, 5.74) is 2.14. The molecule has 0 amide bonds. The fourth-order valence-corrected chi connectivity index (χ4v) is 3.33.